The monoisotopic (exact) mass is 262 g/mol. The molecule has 19 heavy (non-hydrogen) atoms. The molecule has 0 bridgehead atoms. The Kier molecular flexibility index (Phi) is 4.28. The third-order valence-electron chi connectivity index (χ3n) is 3.69. The Morgan fingerprint density at radius 2 is 1.84 bits per heavy atom. The molecule has 104 valence electrons. The van der Waals surface area contributed by atoms with Gasteiger partial charge in [0, 0.05) is 22.7 Å². The van der Waals surface area contributed by atoms with Gasteiger partial charge in [0.2, 0.25) is 0 Å². The molecule has 0 atom stereocenters. The van der Waals surface area contributed by atoms with Crippen LogP contribution in [0.4, 0.5) is 0 Å². The molecule has 3 N–H and O–H groups in total. The van der Waals surface area contributed by atoms with E-state index in [1.54, 1.807) is 6.07 Å². The standard InChI is InChI=1S/C14H23BN2O2/c1-14(2,3)13-9-11(15(18)19)8-12(17-13)10-4-6-16-7-5-10/h8-10,16,18-19H,4-7H2,1-3H3. The van der Waals surface area contributed by atoms with E-state index in [-0.39, 0.29) is 5.41 Å². The first-order valence-electron chi connectivity index (χ1n) is 6.97. The van der Waals surface area contributed by atoms with Crippen LogP contribution >= 0.6 is 0 Å². The van der Waals surface area contributed by atoms with Crippen LogP contribution in [0.1, 0.15) is 50.9 Å². The van der Waals surface area contributed by atoms with E-state index in [1.165, 1.54) is 0 Å². The summed E-state index contributed by atoms with van der Waals surface area (Å²) in [7, 11) is -1.43. The van der Waals surface area contributed by atoms with E-state index in [2.05, 4.69) is 26.1 Å². The van der Waals surface area contributed by atoms with Crippen molar-refractivity contribution in [1.29, 1.82) is 0 Å². The fourth-order valence-electron chi connectivity index (χ4n) is 2.43. The van der Waals surface area contributed by atoms with Gasteiger partial charge in [-0.15, -0.1) is 0 Å². The van der Waals surface area contributed by atoms with Gasteiger partial charge >= 0.3 is 7.12 Å². The molecule has 1 saturated heterocycles. The lowest BCUT2D eigenvalue weighted by atomic mass is 9.76. The molecule has 4 nitrogen and oxygen atoms in total. The molecule has 1 aliphatic heterocycles. The van der Waals surface area contributed by atoms with Gasteiger partial charge in [-0.05, 0) is 43.5 Å². The lowest BCUT2D eigenvalue weighted by molar-refractivity contribution is 0.424. The van der Waals surface area contributed by atoms with Gasteiger partial charge in [-0.3, -0.25) is 4.98 Å². The molecular formula is C14H23BN2O2. The summed E-state index contributed by atoms with van der Waals surface area (Å²) in [4.78, 5) is 4.76. The van der Waals surface area contributed by atoms with Crippen LogP contribution in [0.25, 0.3) is 0 Å². The molecule has 1 aromatic heterocycles. The molecule has 1 aromatic rings. The van der Waals surface area contributed by atoms with Gasteiger partial charge < -0.3 is 15.4 Å². The quantitative estimate of drug-likeness (QED) is 0.680. The highest BCUT2D eigenvalue weighted by molar-refractivity contribution is 6.58. The van der Waals surface area contributed by atoms with Crippen LogP contribution in [0.15, 0.2) is 12.1 Å². The van der Waals surface area contributed by atoms with E-state index in [4.69, 9.17) is 4.98 Å². The minimum atomic E-state index is -1.43. The van der Waals surface area contributed by atoms with Crippen molar-refractivity contribution in [2.45, 2.75) is 44.9 Å². The molecule has 5 heteroatoms. The number of hydrogen-bond acceptors (Lipinski definition) is 4. The van der Waals surface area contributed by atoms with E-state index in [0.717, 1.165) is 37.3 Å². The Morgan fingerprint density at radius 1 is 1.21 bits per heavy atom. The van der Waals surface area contributed by atoms with Gasteiger partial charge in [0.25, 0.3) is 0 Å². The highest BCUT2D eigenvalue weighted by atomic mass is 16.4. The Morgan fingerprint density at radius 3 is 2.37 bits per heavy atom. The predicted octanol–water partition coefficient (Wildman–Crippen LogP) is 0.526. The zero-order chi connectivity index (χ0) is 14.0. The highest BCUT2D eigenvalue weighted by Crippen LogP contribution is 2.26. The summed E-state index contributed by atoms with van der Waals surface area (Å²) >= 11 is 0. The van der Waals surface area contributed by atoms with Crippen molar-refractivity contribution in [2.75, 3.05) is 13.1 Å². The van der Waals surface area contributed by atoms with E-state index >= 15 is 0 Å². The molecule has 0 aromatic carbocycles. The normalized spacial score (nSPS) is 17.5. The van der Waals surface area contributed by atoms with Crippen LogP contribution in [0, 0.1) is 0 Å². The van der Waals surface area contributed by atoms with E-state index in [9.17, 15) is 10.0 Å². The van der Waals surface area contributed by atoms with Crippen LogP contribution in [-0.4, -0.2) is 35.2 Å². The zero-order valence-corrected chi connectivity index (χ0v) is 12.0. The molecule has 1 fully saturated rings. The smallest absolute Gasteiger partial charge is 0.423 e. The van der Waals surface area contributed by atoms with Crippen LogP contribution in [0.5, 0.6) is 0 Å². The zero-order valence-electron chi connectivity index (χ0n) is 12.0. The van der Waals surface area contributed by atoms with Gasteiger partial charge in [0.15, 0.2) is 0 Å². The molecule has 0 spiro atoms. The summed E-state index contributed by atoms with van der Waals surface area (Å²) in [5.41, 5.74) is 2.38. The lowest BCUT2D eigenvalue weighted by Crippen LogP contribution is -2.34. The Balaban J connectivity index is 2.39. The fraction of sp³-hybridized carbons (Fsp3) is 0.643. The Bertz CT molecular complexity index is 438. The maximum absolute atomic E-state index is 9.45. The van der Waals surface area contributed by atoms with Crippen molar-refractivity contribution in [3.63, 3.8) is 0 Å². The molecule has 2 rings (SSSR count). The Hall–Kier alpha value is -0.905. The molecule has 0 unspecified atom stereocenters. The first-order chi connectivity index (χ1) is 8.88. The number of nitrogens with one attached hydrogen (secondary N) is 1. The second-order valence-electron chi connectivity index (χ2n) is 6.36. The maximum Gasteiger partial charge on any atom is 0.488 e. The van der Waals surface area contributed by atoms with Crippen molar-refractivity contribution < 1.29 is 10.0 Å². The van der Waals surface area contributed by atoms with Crippen LogP contribution in [0.3, 0.4) is 0 Å². The van der Waals surface area contributed by atoms with E-state index in [1.807, 2.05) is 6.07 Å². The van der Waals surface area contributed by atoms with Crippen molar-refractivity contribution in [3.05, 3.63) is 23.5 Å². The third kappa shape index (κ3) is 3.56. The second kappa shape index (κ2) is 5.61. The van der Waals surface area contributed by atoms with E-state index < -0.39 is 7.12 Å². The topological polar surface area (TPSA) is 65.4 Å². The first-order valence-corrected chi connectivity index (χ1v) is 6.97. The van der Waals surface area contributed by atoms with Crippen molar-refractivity contribution in [2.24, 2.45) is 0 Å². The summed E-state index contributed by atoms with van der Waals surface area (Å²) < 4.78 is 0. The average molecular weight is 262 g/mol. The summed E-state index contributed by atoms with van der Waals surface area (Å²) in [5.74, 6) is 0.418. The second-order valence-corrected chi connectivity index (χ2v) is 6.36. The van der Waals surface area contributed by atoms with Crippen LogP contribution in [0.2, 0.25) is 0 Å². The van der Waals surface area contributed by atoms with Crippen LogP contribution in [-0.2, 0) is 5.41 Å². The van der Waals surface area contributed by atoms with E-state index in [0.29, 0.717) is 11.4 Å². The molecule has 0 saturated carbocycles. The highest BCUT2D eigenvalue weighted by Gasteiger charge is 2.24. The number of pyridine rings is 1. The molecule has 0 amide bonds. The Labute approximate surface area is 115 Å². The maximum atomic E-state index is 9.45. The number of piperidine rings is 1. The molecular weight excluding hydrogens is 239 g/mol. The number of hydrogen-bond donors (Lipinski definition) is 3. The van der Waals surface area contributed by atoms with Gasteiger partial charge in [-0.1, -0.05) is 20.8 Å². The van der Waals surface area contributed by atoms with Crippen molar-refractivity contribution in [3.8, 4) is 0 Å². The SMILES string of the molecule is CC(C)(C)c1cc(B(O)O)cc(C2CCNCC2)n1. The minimum Gasteiger partial charge on any atom is -0.423 e. The van der Waals surface area contributed by atoms with Crippen molar-refractivity contribution >= 4 is 12.6 Å². The number of nitrogens with zero attached hydrogens (tertiary/aromatic N) is 1. The number of rotatable bonds is 2. The van der Waals surface area contributed by atoms with Gasteiger partial charge in [-0.25, -0.2) is 0 Å². The molecule has 1 aliphatic rings. The van der Waals surface area contributed by atoms with Gasteiger partial charge in [0.05, 0.1) is 0 Å². The fourth-order valence-corrected chi connectivity index (χ4v) is 2.43. The molecule has 2 heterocycles. The number of aromatic nitrogens is 1. The summed E-state index contributed by atoms with van der Waals surface area (Å²) in [6.07, 6.45) is 2.11. The van der Waals surface area contributed by atoms with Crippen molar-refractivity contribution in [1.82, 2.24) is 10.3 Å². The van der Waals surface area contributed by atoms with Crippen LogP contribution < -0.4 is 10.8 Å². The molecule has 0 radical (unpaired) electrons. The lowest BCUT2D eigenvalue weighted by Gasteiger charge is -2.25. The summed E-state index contributed by atoms with van der Waals surface area (Å²) in [6.45, 7) is 8.28. The molecule has 0 aliphatic carbocycles. The van der Waals surface area contributed by atoms with Gasteiger partial charge in [-0.2, -0.15) is 0 Å². The third-order valence-corrected chi connectivity index (χ3v) is 3.69. The predicted molar refractivity (Wildman–Crippen MR) is 77.6 cm³/mol. The van der Waals surface area contributed by atoms with Gasteiger partial charge in [0.1, 0.15) is 0 Å². The average Bonchev–Trinajstić information content (AvgIpc) is 2.38. The largest absolute Gasteiger partial charge is 0.488 e. The first kappa shape index (κ1) is 14.5. The summed E-state index contributed by atoms with van der Waals surface area (Å²) in [6, 6.07) is 3.64. The summed E-state index contributed by atoms with van der Waals surface area (Å²) in [5, 5.41) is 22.2. The minimum absolute atomic E-state index is 0.0907.